The number of nitrogens with two attached hydrogens (primary N) is 1. The van der Waals surface area contributed by atoms with Crippen LogP contribution in [-0.4, -0.2) is 22.5 Å². The first-order chi connectivity index (χ1) is 9.61. The Hall–Kier alpha value is -2.34. The monoisotopic (exact) mass is 292 g/mol. The number of hydrogen-bond acceptors (Lipinski definition) is 5. The molecule has 0 saturated heterocycles. The van der Waals surface area contributed by atoms with Gasteiger partial charge in [-0.25, -0.2) is 9.97 Å². The predicted octanol–water partition coefficient (Wildman–Crippen LogP) is 2.36. The molecule has 1 amide bonds. The Morgan fingerprint density at radius 1 is 1.45 bits per heavy atom. The number of ether oxygens (including phenoxy) is 1. The highest BCUT2D eigenvalue weighted by Crippen LogP contribution is 2.25. The first-order valence-electron chi connectivity index (χ1n) is 5.92. The van der Waals surface area contributed by atoms with Crippen LogP contribution in [0.15, 0.2) is 30.6 Å². The standard InChI is InChI=1S/C13H13ClN4O2/c1-2-20-9-5-3-4-8(15)12(9)13(19)18-11-6-10(14)16-7-17-11/h3-7H,2,15H2,1H3,(H,16,17,18,19). The summed E-state index contributed by atoms with van der Waals surface area (Å²) in [5.74, 6) is 0.298. The highest BCUT2D eigenvalue weighted by Gasteiger charge is 2.16. The van der Waals surface area contributed by atoms with Gasteiger partial charge in [-0.1, -0.05) is 17.7 Å². The summed E-state index contributed by atoms with van der Waals surface area (Å²) in [5.41, 5.74) is 6.43. The van der Waals surface area contributed by atoms with Crippen molar-refractivity contribution in [1.82, 2.24) is 9.97 Å². The first-order valence-corrected chi connectivity index (χ1v) is 6.29. The molecule has 0 aliphatic rings. The van der Waals surface area contributed by atoms with Crippen molar-refractivity contribution < 1.29 is 9.53 Å². The van der Waals surface area contributed by atoms with E-state index in [4.69, 9.17) is 22.1 Å². The van der Waals surface area contributed by atoms with Crippen LogP contribution in [0.5, 0.6) is 5.75 Å². The molecule has 6 nitrogen and oxygen atoms in total. The Kier molecular flexibility index (Phi) is 4.37. The lowest BCUT2D eigenvalue weighted by Crippen LogP contribution is -2.16. The Labute approximate surface area is 120 Å². The number of carbonyl (C=O) groups excluding carboxylic acids is 1. The zero-order valence-electron chi connectivity index (χ0n) is 10.8. The molecule has 0 saturated carbocycles. The van der Waals surface area contributed by atoms with E-state index in [0.717, 1.165) is 0 Å². The summed E-state index contributed by atoms with van der Waals surface area (Å²) >= 11 is 5.73. The summed E-state index contributed by atoms with van der Waals surface area (Å²) in [5, 5.41) is 2.84. The van der Waals surface area contributed by atoms with Crippen LogP contribution in [0, 0.1) is 0 Å². The number of rotatable bonds is 4. The molecule has 0 radical (unpaired) electrons. The lowest BCUT2D eigenvalue weighted by molar-refractivity contribution is 0.102. The van der Waals surface area contributed by atoms with Gasteiger partial charge in [0.1, 0.15) is 28.6 Å². The Morgan fingerprint density at radius 3 is 2.95 bits per heavy atom. The van der Waals surface area contributed by atoms with Gasteiger partial charge in [0.2, 0.25) is 0 Å². The van der Waals surface area contributed by atoms with Gasteiger partial charge in [0.05, 0.1) is 6.61 Å². The number of carbonyl (C=O) groups is 1. The highest BCUT2D eigenvalue weighted by molar-refractivity contribution is 6.29. The molecule has 1 heterocycles. The van der Waals surface area contributed by atoms with Crippen LogP contribution in [0.1, 0.15) is 17.3 Å². The van der Waals surface area contributed by atoms with E-state index in [0.29, 0.717) is 23.9 Å². The van der Waals surface area contributed by atoms with E-state index in [2.05, 4.69) is 15.3 Å². The number of nitrogen functional groups attached to an aromatic ring is 1. The molecule has 3 N–H and O–H groups in total. The van der Waals surface area contributed by atoms with Crippen LogP contribution in [0.25, 0.3) is 0 Å². The van der Waals surface area contributed by atoms with E-state index < -0.39 is 5.91 Å². The fourth-order valence-electron chi connectivity index (χ4n) is 1.65. The number of benzene rings is 1. The van der Waals surface area contributed by atoms with Crippen LogP contribution >= 0.6 is 11.6 Å². The van der Waals surface area contributed by atoms with Gasteiger partial charge in [0, 0.05) is 11.8 Å². The van der Waals surface area contributed by atoms with Crippen molar-refractivity contribution in [3.05, 3.63) is 41.3 Å². The molecule has 0 fully saturated rings. The van der Waals surface area contributed by atoms with E-state index in [-0.39, 0.29) is 10.7 Å². The molecule has 2 rings (SSSR count). The second kappa shape index (κ2) is 6.21. The van der Waals surface area contributed by atoms with Gasteiger partial charge >= 0.3 is 0 Å². The van der Waals surface area contributed by atoms with Crippen molar-refractivity contribution in [1.29, 1.82) is 0 Å². The van der Waals surface area contributed by atoms with Gasteiger partial charge in [0.25, 0.3) is 5.91 Å². The second-order valence-corrected chi connectivity index (χ2v) is 4.22. The van der Waals surface area contributed by atoms with Gasteiger partial charge in [-0.05, 0) is 19.1 Å². The number of halogens is 1. The molecular formula is C13H13ClN4O2. The topological polar surface area (TPSA) is 90.1 Å². The third-order valence-corrected chi connectivity index (χ3v) is 2.67. The molecule has 20 heavy (non-hydrogen) atoms. The van der Waals surface area contributed by atoms with Crippen molar-refractivity contribution in [2.75, 3.05) is 17.7 Å². The number of amides is 1. The summed E-state index contributed by atoms with van der Waals surface area (Å²) in [6.07, 6.45) is 1.26. The molecule has 0 aliphatic carbocycles. The second-order valence-electron chi connectivity index (χ2n) is 3.83. The summed E-state index contributed by atoms with van der Waals surface area (Å²) in [6, 6.07) is 6.48. The maximum absolute atomic E-state index is 12.3. The normalized spacial score (nSPS) is 10.1. The predicted molar refractivity (Wildman–Crippen MR) is 77.0 cm³/mol. The number of nitrogens with one attached hydrogen (secondary N) is 1. The summed E-state index contributed by atoms with van der Waals surface area (Å²) in [6.45, 7) is 2.26. The van der Waals surface area contributed by atoms with E-state index >= 15 is 0 Å². The number of aromatic nitrogens is 2. The molecule has 0 bridgehead atoms. The van der Waals surface area contributed by atoms with Crippen molar-refractivity contribution >= 4 is 29.0 Å². The van der Waals surface area contributed by atoms with Crippen molar-refractivity contribution in [3.63, 3.8) is 0 Å². The molecule has 1 aromatic heterocycles. The Bertz CT molecular complexity index is 634. The lowest BCUT2D eigenvalue weighted by atomic mass is 10.1. The van der Waals surface area contributed by atoms with Gasteiger partial charge in [0.15, 0.2) is 0 Å². The number of nitrogens with zero attached hydrogens (tertiary/aromatic N) is 2. The van der Waals surface area contributed by atoms with Crippen LogP contribution in [0.4, 0.5) is 11.5 Å². The molecule has 2 aromatic rings. The summed E-state index contributed by atoms with van der Waals surface area (Å²) in [4.78, 5) is 19.9. The maximum Gasteiger partial charge on any atom is 0.262 e. The Morgan fingerprint density at radius 2 is 2.25 bits per heavy atom. The fourth-order valence-corrected chi connectivity index (χ4v) is 1.79. The van der Waals surface area contributed by atoms with E-state index in [1.807, 2.05) is 6.92 Å². The average molecular weight is 293 g/mol. The van der Waals surface area contributed by atoms with Gasteiger partial charge in [-0.15, -0.1) is 0 Å². The maximum atomic E-state index is 12.3. The lowest BCUT2D eigenvalue weighted by Gasteiger charge is -2.12. The zero-order valence-corrected chi connectivity index (χ0v) is 11.5. The minimum absolute atomic E-state index is 0.237. The van der Waals surface area contributed by atoms with Gasteiger partial charge in [-0.3, -0.25) is 4.79 Å². The van der Waals surface area contributed by atoms with Crippen molar-refractivity contribution in [2.24, 2.45) is 0 Å². The molecule has 7 heteroatoms. The number of hydrogen-bond donors (Lipinski definition) is 2. The number of anilines is 2. The Balaban J connectivity index is 2.29. The van der Waals surface area contributed by atoms with Crippen molar-refractivity contribution in [3.8, 4) is 5.75 Å². The van der Waals surface area contributed by atoms with Crippen LogP contribution < -0.4 is 15.8 Å². The molecular weight excluding hydrogens is 280 g/mol. The third kappa shape index (κ3) is 3.16. The highest BCUT2D eigenvalue weighted by atomic mass is 35.5. The molecule has 0 unspecified atom stereocenters. The first kappa shape index (κ1) is 14.1. The van der Waals surface area contributed by atoms with Gasteiger partial charge < -0.3 is 15.8 Å². The fraction of sp³-hybridized carbons (Fsp3) is 0.154. The average Bonchev–Trinajstić information content (AvgIpc) is 2.39. The molecule has 0 spiro atoms. The summed E-state index contributed by atoms with van der Waals surface area (Å²) < 4.78 is 5.40. The molecule has 104 valence electrons. The largest absolute Gasteiger partial charge is 0.493 e. The van der Waals surface area contributed by atoms with Crippen LogP contribution in [-0.2, 0) is 0 Å². The SMILES string of the molecule is CCOc1cccc(N)c1C(=O)Nc1cc(Cl)ncn1. The van der Waals surface area contributed by atoms with Crippen LogP contribution in [0.3, 0.4) is 0 Å². The molecule has 1 aromatic carbocycles. The summed E-state index contributed by atoms with van der Waals surface area (Å²) in [7, 11) is 0. The molecule has 0 atom stereocenters. The van der Waals surface area contributed by atoms with E-state index in [1.165, 1.54) is 12.4 Å². The minimum Gasteiger partial charge on any atom is -0.493 e. The van der Waals surface area contributed by atoms with Gasteiger partial charge in [-0.2, -0.15) is 0 Å². The van der Waals surface area contributed by atoms with E-state index in [1.54, 1.807) is 18.2 Å². The zero-order chi connectivity index (χ0) is 14.5. The van der Waals surface area contributed by atoms with Crippen molar-refractivity contribution in [2.45, 2.75) is 6.92 Å². The quantitative estimate of drug-likeness (QED) is 0.667. The smallest absolute Gasteiger partial charge is 0.262 e. The van der Waals surface area contributed by atoms with E-state index in [9.17, 15) is 4.79 Å². The van der Waals surface area contributed by atoms with Crippen LogP contribution in [0.2, 0.25) is 5.15 Å². The third-order valence-electron chi connectivity index (χ3n) is 2.46. The molecule has 0 aliphatic heterocycles. The minimum atomic E-state index is -0.415.